The summed E-state index contributed by atoms with van der Waals surface area (Å²) >= 11 is 8.81. The van der Waals surface area contributed by atoms with Crippen molar-refractivity contribution in [1.82, 2.24) is 0 Å². The molecule has 1 nitrogen and oxygen atoms in total. The molecule has 1 aromatic heterocycles. The van der Waals surface area contributed by atoms with Gasteiger partial charge in [0.05, 0.1) is 5.69 Å². The summed E-state index contributed by atoms with van der Waals surface area (Å²) < 4.78 is 1.35. The Morgan fingerprint density at radius 1 is 0.556 bits per heavy atom. The zero-order valence-electron chi connectivity index (χ0n) is 28.1. The van der Waals surface area contributed by atoms with E-state index in [4.69, 9.17) is 11.6 Å². The molecule has 45 heavy (non-hydrogen) atoms. The Hall–Kier alpha value is -3.07. The number of benzene rings is 4. The minimum atomic E-state index is 0.113. The van der Waals surface area contributed by atoms with Crippen LogP contribution in [0.3, 0.4) is 0 Å². The average molecular weight is 632 g/mol. The van der Waals surface area contributed by atoms with E-state index in [0.29, 0.717) is 0 Å². The number of fused-ring (bicyclic) bond motifs is 3. The largest absolute Gasteiger partial charge is 0.309 e. The summed E-state index contributed by atoms with van der Waals surface area (Å²) in [6.45, 7) is 19.3. The molecule has 0 spiro atoms. The standard InChI is InChI=1S/C42H46ClNS/c1-39(2)16-17-40(3,4)34-23-30(14-15-33(34)39)44(31-21-28(20-29(43)22-31)27-12-10-9-11-13-27)37-26-45-38-25-36-35(24-32(37)38)41(5,6)18-19-42(36,7)8/h9-15,20-26H,16-19H2,1-8H3. The maximum atomic E-state index is 6.95. The fourth-order valence-electron chi connectivity index (χ4n) is 7.89. The summed E-state index contributed by atoms with van der Waals surface area (Å²) in [4.78, 5) is 2.47. The van der Waals surface area contributed by atoms with Gasteiger partial charge in [-0.05, 0) is 123 Å². The highest BCUT2D eigenvalue weighted by atomic mass is 35.5. The summed E-state index contributed by atoms with van der Waals surface area (Å²) in [6, 6.07) is 29.4. The van der Waals surface area contributed by atoms with Crippen molar-refractivity contribution in [3.63, 3.8) is 0 Å². The third kappa shape index (κ3) is 5.23. The summed E-state index contributed by atoms with van der Waals surface area (Å²) in [5.74, 6) is 0. The Morgan fingerprint density at radius 3 is 1.78 bits per heavy atom. The number of halogens is 1. The third-order valence-electron chi connectivity index (χ3n) is 11.1. The van der Waals surface area contributed by atoms with Gasteiger partial charge in [-0.3, -0.25) is 0 Å². The topological polar surface area (TPSA) is 3.24 Å². The molecule has 0 saturated carbocycles. The average Bonchev–Trinajstić information content (AvgIpc) is 3.40. The second-order valence-corrected chi connectivity index (χ2v) is 17.5. The third-order valence-corrected chi connectivity index (χ3v) is 12.3. The molecule has 0 radical (unpaired) electrons. The lowest BCUT2D eigenvalue weighted by Gasteiger charge is -2.42. The molecule has 0 fully saturated rings. The second kappa shape index (κ2) is 10.5. The number of hydrogen-bond acceptors (Lipinski definition) is 2. The van der Waals surface area contributed by atoms with E-state index in [1.165, 1.54) is 75.0 Å². The Bertz CT molecular complexity index is 1920. The molecule has 0 aliphatic heterocycles. The first-order valence-corrected chi connectivity index (χ1v) is 17.8. The Labute approximate surface area is 279 Å². The van der Waals surface area contributed by atoms with Crippen molar-refractivity contribution in [2.45, 2.75) is 103 Å². The van der Waals surface area contributed by atoms with Crippen molar-refractivity contribution in [1.29, 1.82) is 0 Å². The summed E-state index contributed by atoms with van der Waals surface area (Å²) in [5, 5.41) is 4.44. The fourth-order valence-corrected chi connectivity index (χ4v) is 9.07. The van der Waals surface area contributed by atoms with Crippen LogP contribution in [0.2, 0.25) is 5.02 Å². The van der Waals surface area contributed by atoms with Gasteiger partial charge in [0.25, 0.3) is 0 Å². The summed E-state index contributed by atoms with van der Waals surface area (Å²) in [5.41, 5.74) is 12.4. The first-order chi connectivity index (χ1) is 21.2. The van der Waals surface area contributed by atoms with Crippen LogP contribution < -0.4 is 4.90 Å². The molecule has 4 aromatic carbocycles. The molecule has 232 valence electrons. The Morgan fingerprint density at radius 2 is 1.13 bits per heavy atom. The monoisotopic (exact) mass is 631 g/mol. The smallest absolute Gasteiger partial charge is 0.0647 e. The van der Waals surface area contributed by atoms with Crippen LogP contribution in [0.1, 0.15) is 103 Å². The zero-order chi connectivity index (χ0) is 31.9. The molecule has 0 atom stereocenters. The molecule has 1 heterocycles. The van der Waals surface area contributed by atoms with Crippen molar-refractivity contribution >= 4 is 50.1 Å². The highest BCUT2D eigenvalue weighted by Crippen LogP contribution is 2.52. The van der Waals surface area contributed by atoms with E-state index >= 15 is 0 Å². The molecule has 0 unspecified atom stereocenters. The number of thiophene rings is 1. The van der Waals surface area contributed by atoms with E-state index in [1.54, 1.807) is 0 Å². The maximum Gasteiger partial charge on any atom is 0.0647 e. The molecule has 5 aromatic rings. The van der Waals surface area contributed by atoms with Crippen molar-refractivity contribution < 1.29 is 0 Å². The van der Waals surface area contributed by atoms with Gasteiger partial charge in [0.15, 0.2) is 0 Å². The highest BCUT2D eigenvalue weighted by Gasteiger charge is 2.39. The van der Waals surface area contributed by atoms with Crippen LogP contribution in [0, 0.1) is 0 Å². The minimum absolute atomic E-state index is 0.113. The highest BCUT2D eigenvalue weighted by molar-refractivity contribution is 7.17. The van der Waals surface area contributed by atoms with Gasteiger partial charge in [0.2, 0.25) is 0 Å². The van der Waals surface area contributed by atoms with Gasteiger partial charge in [0, 0.05) is 31.9 Å². The Balaban J connectivity index is 1.49. The van der Waals surface area contributed by atoms with Gasteiger partial charge in [-0.2, -0.15) is 0 Å². The molecule has 3 heteroatoms. The second-order valence-electron chi connectivity index (χ2n) is 16.2. The van der Waals surface area contributed by atoms with Crippen LogP contribution in [-0.2, 0) is 21.7 Å². The SMILES string of the molecule is CC1(C)CCC(C)(C)c2cc(N(c3cc(Cl)cc(-c4ccccc4)c3)c3csc4cc5c(cc34)C(C)(C)CCC5(C)C)ccc21. The maximum absolute atomic E-state index is 6.95. The van der Waals surface area contributed by atoms with Crippen molar-refractivity contribution in [2.75, 3.05) is 4.90 Å². The van der Waals surface area contributed by atoms with Gasteiger partial charge >= 0.3 is 0 Å². The molecule has 2 aliphatic rings. The number of rotatable bonds is 4. The fraction of sp³-hybridized carbons (Fsp3) is 0.381. The Kier molecular flexibility index (Phi) is 7.12. The van der Waals surface area contributed by atoms with Crippen LogP contribution in [0.25, 0.3) is 21.2 Å². The van der Waals surface area contributed by atoms with Crippen molar-refractivity contribution in [3.05, 3.63) is 112 Å². The molecular formula is C42H46ClNS. The lowest BCUT2D eigenvalue weighted by molar-refractivity contribution is 0.332. The van der Waals surface area contributed by atoms with E-state index in [2.05, 4.69) is 145 Å². The van der Waals surface area contributed by atoms with E-state index in [1.807, 2.05) is 11.3 Å². The van der Waals surface area contributed by atoms with Crippen molar-refractivity contribution in [2.24, 2.45) is 0 Å². The first-order valence-electron chi connectivity index (χ1n) is 16.5. The van der Waals surface area contributed by atoms with E-state index in [-0.39, 0.29) is 21.7 Å². The molecule has 7 rings (SSSR count). The van der Waals surface area contributed by atoms with Crippen LogP contribution in [-0.4, -0.2) is 0 Å². The van der Waals surface area contributed by atoms with Gasteiger partial charge < -0.3 is 4.90 Å². The predicted molar refractivity (Wildman–Crippen MR) is 198 cm³/mol. The van der Waals surface area contributed by atoms with Crippen LogP contribution in [0.15, 0.2) is 84.2 Å². The van der Waals surface area contributed by atoms with Crippen molar-refractivity contribution in [3.8, 4) is 11.1 Å². The lowest BCUT2D eigenvalue weighted by atomic mass is 9.63. The van der Waals surface area contributed by atoms with Gasteiger partial charge in [-0.15, -0.1) is 11.3 Å². The number of hydrogen-bond donors (Lipinski definition) is 0. The lowest BCUT2D eigenvalue weighted by Crippen LogP contribution is -2.34. The van der Waals surface area contributed by atoms with Crippen LogP contribution in [0.5, 0.6) is 0 Å². The van der Waals surface area contributed by atoms with E-state index in [9.17, 15) is 0 Å². The molecule has 0 amide bonds. The van der Waals surface area contributed by atoms with Gasteiger partial charge in [-0.25, -0.2) is 0 Å². The number of anilines is 3. The normalized spacial score (nSPS) is 19.1. The molecule has 0 saturated heterocycles. The van der Waals surface area contributed by atoms with Crippen LogP contribution in [0.4, 0.5) is 17.1 Å². The van der Waals surface area contributed by atoms with Gasteiger partial charge in [-0.1, -0.05) is 103 Å². The van der Waals surface area contributed by atoms with E-state index < -0.39 is 0 Å². The first kappa shape index (κ1) is 30.6. The predicted octanol–water partition coefficient (Wildman–Crippen LogP) is 13.4. The quantitative estimate of drug-likeness (QED) is 0.191. The molecule has 2 aliphatic carbocycles. The van der Waals surface area contributed by atoms with Crippen LogP contribution >= 0.6 is 22.9 Å². The minimum Gasteiger partial charge on any atom is -0.309 e. The number of nitrogens with zero attached hydrogens (tertiary/aromatic N) is 1. The summed E-state index contributed by atoms with van der Waals surface area (Å²) in [7, 11) is 0. The summed E-state index contributed by atoms with van der Waals surface area (Å²) in [6.07, 6.45) is 4.81. The van der Waals surface area contributed by atoms with Gasteiger partial charge in [0.1, 0.15) is 0 Å². The molecule has 0 bridgehead atoms. The zero-order valence-corrected chi connectivity index (χ0v) is 29.7. The molecular weight excluding hydrogens is 586 g/mol. The molecule has 0 N–H and O–H groups in total. The van der Waals surface area contributed by atoms with E-state index in [0.717, 1.165) is 16.3 Å².